The van der Waals surface area contributed by atoms with Crippen molar-refractivity contribution in [1.82, 2.24) is 4.72 Å². The lowest BCUT2D eigenvalue weighted by atomic mass is 10.1. The number of halogens is 3. The van der Waals surface area contributed by atoms with Crippen LogP contribution in [0.15, 0.2) is 54.6 Å². The van der Waals surface area contributed by atoms with Crippen molar-refractivity contribution < 1.29 is 26.3 Å². The van der Waals surface area contributed by atoms with E-state index in [-0.39, 0.29) is 12.1 Å². The van der Waals surface area contributed by atoms with Crippen molar-refractivity contribution in [2.24, 2.45) is 0 Å². The summed E-state index contributed by atoms with van der Waals surface area (Å²) in [5, 5.41) is 0. The summed E-state index contributed by atoms with van der Waals surface area (Å²) in [6.07, 6.45) is -4.94. The summed E-state index contributed by atoms with van der Waals surface area (Å²) >= 11 is 0. The molecule has 1 unspecified atom stereocenters. The first kappa shape index (κ1) is 19.3. The highest BCUT2D eigenvalue weighted by Crippen LogP contribution is 2.29. The van der Waals surface area contributed by atoms with Gasteiger partial charge in [0.25, 0.3) is 0 Å². The normalized spacial score (nSPS) is 13.4. The van der Waals surface area contributed by atoms with Crippen molar-refractivity contribution in [3.63, 3.8) is 0 Å². The lowest BCUT2D eigenvalue weighted by molar-refractivity contribution is -0.137. The largest absolute Gasteiger partial charge is 0.489 e. The molecule has 0 aliphatic rings. The predicted molar refractivity (Wildman–Crippen MR) is 88.6 cm³/mol. The van der Waals surface area contributed by atoms with Gasteiger partial charge in [-0.05, 0) is 30.7 Å². The van der Waals surface area contributed by atoms with Crippen LogP contribution in [0.1, 0.15) is 18.1 Å². The Morgan fingerprint density at radius 1 is 1.08 bits per heavy atom. The number of benzene rings is 2. The zero-order valence-electron chi connectivity index (χ0n) is 13.5. The fraction of sp³-hybridized carbons (Fsp3) is 0.294. The molecule has 0 heterocycles. The van der Waals surface area contributed by atoms with Gasteiger partial charge < -0.3 is 4.74 Å². The van der Waals surface area contributed by atoms with E-state index in [1.165, 1.54) is 12.1 Å². The summed E-state index contributed by atoms with van der Waals surface area (Å²) < 4.78 is 70.1. The van der Waals surface area contributed by atoms with Crippen molar-refractivity contribution in [1.29, 1.82) is 0 Å². The number of hydrogen-bond acceptors (Lipinski definition) is 3. The second-order valence-corrected chi connectivity index (χ2v) is 7.35. The SMILES string of the molecule is CC(CNS(=O)(=O)Cc1cccc(C(F)(F)F)c1)Oc1ccccc1. The first-order chi connectivity index (χ1) is 11.7. The molecule has 1 atom stereocenters. The first-order valence-corrected chi connectivity index (χ1v) is 9.16. The van der Waals surface area contributed by atoms with Crippen molar-refractivity contribution in [3.8, 4) is 5.75 Å². The lowest BCUT2D eigenvalue weighted by Gasteiger charge is -2.16. The van der Waals surface area contributed by atoms with E-state index in [9.17, 15) is 21.6 Å². The molecule has 0 saturated heterocycles. The molecule has 0 aliphatic heterocycles. The first-order valence-electron chi connectivity index (χ1n) is 7.51. The Bertz CT molecular complexity index is 792. The molecular weight excluding hydrogens is 355 g/mol. The van der Waals surface area contributed by atoms with Gasteiger partial charge in [-0.1, -0.05) is 36.4 Å². The summed E-state index contributed by atoms with van der Waals surface area (Å²) in [6.45, 7) is 1.70. The van der Waals surface area contributed by atoms with Crippen molar-refractivity contribution in [3.05, 3.63) is 65.7 Å². The second-order valence-electron chi connectivity index (χ2n) is 5.55. The van der Waals surface area contributed by atoms with E-state index in [2.05, 4.69) is 4.72 Å². The Kier molecular flexibility index (Phi) is 6.07. The van der Waals surface area contributed by atoms with Crippen LogP contribution in [0.25, 0.3) is 0 Å². The van der Waals surface area contributed by atoms with Crippen molar-refractivity contribution >= 4 is 10.0 Å². The fourth-order valence-electron chi connectivity index (χ4n) is 2.13. The van der Waals surface area contributed by atoms with Crippen LogP contribution in [0.4, 0.5) is 13.2 Å². The van der Waals surface area contributed by atoms with Crippen LogP contribution < -0.4 is 9.46 Å². The Morgan fingerprint density at radius 3 is 2.40 bits per heavy atom. The summed E-state index contributed by atoms with van der Waals surface area (Å²) in [5.74, 6) is 0.0710. The van der Waals surface area contributed by atoms with Crippen molar-refractivity contribution in [2.45, 2.75) is 25.0 Å². The molecule has 0 aliphatic carbocycles. The summed E-state index contributed by atoms with van der Waals surface area (Å²) in [5.41, 5.74) is -0.806. The maximum absolute atomic E-state index is 12.7. The van der Waals surface area contributed by atoms with Crippen LogP contribution in [-0.4, -0.2) is 21.1 Å². The van der Waals surface area contributed by atoms with Crippen LogP contribution in [0.2, 0.25) is 0 Å². The molecule has 1 N–H and O–H groups in total. The second kappa shape index (κ2) is 7.88. The molecule has 2 aromatic rings. The van der Waals surface area contributed by atoms with Gasteiger partial charge in [0.15, 0.2) is 0 Å². The molecule has 25 heavy (non-hydrogen) atoms. The number of rotatable bonds is 7. The van der Waals surface area contributed by atoms with E-state index in [0.717, 1.165) is 12.1 Å². The molecule has 0 bridgehead atoms. The average Bonchev–Trinajstić information content (AvgIpc) is 2.53. The molecule has 2 aromatic carbocycles. The van der Waals surface area contributed by atoms with E-state index >= 15 is 0 Å². The highest BCUT2D eigenvalue weighted by molar-refractivity contribution is 7.88. The number of hydrogen-bond donors (Lipinski definition) is 1. The maximum Gasteiger partial charge on any atom is 0.416 e. The van der Waals surface area contributed by atoms with E-state index in [1.54, 1.807) is 31.2 Å². The highest BCUT2D eigenvalue weighted by atomic mass is 32.2. The number of nitrogens with one attached hydrogen (secondary N) is 1. The number of para-hydroxylation sites is 1. The summed E-state index contributed by atoms with van der Waals surface area (Å²) in [7, 11) is -3.78. The van der Waals surface area contributed by atoms with Gasteiger partial charge >= 0.3 is 6.18 Å². The minimum absolute atomic E-state index is 0.0101. The molecule has 0 fully saturated rings. The quantitative estimate of drug-likeness (QED) is 0.807. The Morgan fingerprint density at radius 2 is 1.76 bits per heavy atom. The molecular formula is C17H18F3NO3S. The van der Waals surface area contributed by atoms with Gasteiger partial charge in [-0.25, -0.2) is 13.1 Å². The topological polar surface area (TPSA) is 55.4 Å². The van der Waals surface area contributed by atoms with Crippen LogP contribution in [0, 0.1) is 0 Å². The third kappa shape index (κ3) is 6.39. The van der Waals surface area contributed by atoms with Gasteiger partial charge in [0, 0.05) is 6.54 Å². The third-order valence-electron chi connectivity index (χ3n) is 3.28. The fourth-order valence-corrected chi connectivity index (χ4v) is 3.33. The summed E-state index contributed by atoms with van der Waals surface area (Å²) in [4.78, 5) is 0. The average molecular weight is 373 g/mol. The zero-order valence-corrected chi connectivity index (χ0v) is 14.3. The predicted octanol–water partition coefficient (Wildman–Crippen LogP) is 3.59. The third-order valence-corrected chi connectivity index (χ3v) is 4.60. The lowest BCUT2D eigenvalue weighted by Crippen LogP contribution is -2.34. The molecule has 0 amide bonds. The van der Waals surface area contributed by atoms with Crippen LogP contribution in [-0.2, 0) is 22.0 Å². The molecule has 8 heteroatoms. The van der Waals surface area contributed by atoms with Crippen LogP contribution in [0.5, 0.6) is 5.75 Å². The van der Waals surface area contributed by atoms with E-state index in [1.807, 2.05) is 6.07 Å². The molecule has 0 saturated carbocycles. The van der Waals surface area contributed by atoms with Gasteiger partial charge in [-0.2, -0.15) is 13.2 Å². The van der Waals surface area contributed by atoms with E-state index < -0.39 is 33.6 Å². The minimum Gasteiger partial charge on any atom is -0.489 e. The molecule has 0 spiro atoms. The van der Waals surface area contributed by atoms with E-state index in [4.69, 9.17) is 4.74 Å². The monoisotopic (exact) mass is 373 g/mol. The zero-order chi connectivity index (χ0) is 18.5. The van der Waals surface area contributed by atoms with Gasteiger partial charge in [0.05, 0.1) is 11.3 Å². The van der Waals surface area contributed by atoms with E-state index in [0.29, 0.717) is 5.75 Å². The van der Waals surface area contributed by atoms with Gasteiger partial charge in [0.1, 0.15) is 11.9 Å². The molecule has 0 aromatic heterocycles. The highest BCUT2D eigenvalue weighted by Gasteiger charge is 2.30. The van der Waals surface area contributed by atoms with Gasteiger partial charge in [-0.3, -0.25) is 0 Å². The smallest absolute Gasteiger partial charge is 0.416 e. The van der Waals surface area contributed by atoms with Crippen LogP contribution in [0.3, 0.4) is 0 Å². The standard InChI is InChI=1S/C17H18F3NO3S/c1-13(24-16-8-3-2-4-9-16)11-21-25(22,23)12-14-6-5-7-15(10-14)17(18,19)20/h2-10,13,21H,11-12H2,1H3. The van der Waals surface area contributed by atoms with Gasteiger partial charge in [0.2, 0.25) is 10.0 Å². The number of ether oxygens (including phenoxy) is 1. The van der Waals surface area contributed by atoms with Gasteiger partial charge in [-0.15, -0.1) is 0 Å². The molecule has 2 rings (SSSR count). The Hall–Kier alpha value is -2.06. The molecule has 136 valence electrons. The number of alkyl halides is 3. The maximum atomic E-state index is 12.7. The van der Waals surface area contributed by atoms with Crippen molar-refractivity contribution in [2.75, 3.05) is 6.54 Å². The minimum atomic E-state index is -4.51. The number of sulfonamides is 1. The molecule has 0 radical (unpaired) electrons. The Balaban J connectivity index is 1.93. The summed E-state index contributed by atoms with van der Waals surface area (Å²) in [6, 6.07) is 13.2. The molecule has 4 nitrogen and oxygen atoms in total. The van der Waals surface area contributed by atoms with Crippen LogP contribution >= 0.6 is 0 Å². The Labute approximate surface area is 144 Å².